The van der Waals surface area contributed by atoms with Crippen LogP contribution in [0.3, 0.4) is 0 Å². The van der Waals surface area contributed by atoms with Crippen LogP contribution in [0.2, 0.25) is 0 Å². The van der Waals surface area contributed by atoms with Crippen LogP contribution in [-0.4, -0.2) is 21.2 Å². The Balaban J connectivity index is 2.19. The molecule has 7 heteroatoms. The number of phenolic OH excluding ortho intramolecular Hbond substituents is 1. The molecule has 2 aromatic rings. The molecule has 0 unspecified atom stereocenters. The Bertz CT molecular complexity index is 690. The van der Waals surface area contributed by atoms with Gasteiger partial charge >= 0.3 is 5.69 Å². The summed E-state index contributed by atoms with van der Waals surface area (Å²) in [6.45, 7) is 3.58. The van der Waals surface area contributed by atoms with Crippen molar-refractivity contribution in [2.24, 2.45) is 5.10 Å². The normalized spacial score (nSPS) is 10.8. The molecule has 0 bridgehead atoms. The maximum absolute atomic E-state index is 10.8. The van der Waals surface area contributed by atoms with Gasteiger partial charge in [0.15, 0.2) is 0 Å². The first-order chi connectivity index (χ1) is 9.99. The fraction of sp³-hybridized carbons (Fsp3) is 0.143. The molecule has 0 radical (unpaired) electrons. The first-order valence-corrected chi connectivity index (χ1v) is 6.17. The van der Waals surface area contributed by atoms with Crippen LogP contribution < -0.4 is 5.43 Å². The van der Waals surface area contributed by atoms with Crippen LogP contribution in [0.15, 0.2) is 35.6 Å². The number of hydrogen-bond donors (Lipinski definition) is 2. The molecular formula is C14H14N4O3. The molecule has 0 aliphatic carbocycles. The van der Waals surface area contributed by atoms with Gasteiger partial charge in [0.05, 0.1) is 11.1 Å². The molecule has 21 heavy (non-hydrogen) atoms. The fourth-order valence-electron chi connectivity index (χ4n) is 1.86. The molecule has 0 amide bonds. The van der Waals surface area contributed by atoms with E-state index < -0.39 is 4.92 Å². The predicted molar refractivity (Wildman–Crippen MR) is 79.7 cm³/mol. The summed E-state index contributed by atoms with van der Waals surface area (Å²) >= 11 is 0. The van der Waals surface area contributed by atoms with Crippen molar-refractivity contribution >= 4 is 17.7 Å². The second-order valence-corrected chi connectivity index (χ2v) is 4.50. The lowest BCUT2D eigenvalue weighted by molar-refractivity contribution is -0.384. The number of hydrogen-bond acceptors (Lipinski definition) is 6. The summed E-state index contributed by atoms with van der Waals surface area (Å²) in [4.78, 5) is 14.2. The molecule has 0 fully saturated rings. The summed E-state index contributed by atoms with van der Waals surface area (Å²) in [6, 6.07) is 6.36. The van der Waals surface area contributed by atoms with Gasteiger partial charge in [-0.05, 0) is 48.7 Å². The summed E-state index contributed by atoms with van der Waals surface area (Å²) in [5.41, 5.74) is 4.65. The molecule has 7 nitrogen and oxygen atoms in total. The molecule has 1 aromatic carbocycles. The topological polar surface area (TPSA) is 101 Å². The summed E-state index contributed by atoms with van der Waals surface area (Å²) in [5, 5.41) is 24.5. The molecule has 0 aliphatic heterocycles. The van der Waals surface area contributed by atoms with E-state index in [1.54, 1.807) is 26.0 Å². The van der Waals surface area contributed by atoms with Gasteiger partial charge in [0.25, 0.3) is 0 Å². The van der Waals surface area contributed by atoms with Gasteiger partial charge in [-0.3, -0.25) is 15.5 Å². The van der Waals surface area contributed by atoms with Crippen LogP contribution in [0.1, 0.15) is 16.7 Å². The first kappa shape index (κ1) is 14.4. The third kappa shape index (κ3) is 3.33. The van der Waals surface area contributed by atoms with E-state index in [1.807, 2.05) is 0 Å². The van der Waals surface area contributed by atoms with E-state index in [0.29, 0.717) is 0 Å². The number of aromatic nitrogens is 1. The highest BCUT2D eigenvalue weighted by Crippen LogP contribution is 2.22. The number of nitrogens with one attached hydrogen (secondary N) is 1. The standard InChI is InChI=1S/C14H14N4O3/c1-9-6-11(7-10(2)13(9)19)8-16-17-14-12(18(20)21)4-3-5-15-14/h3-8,19H,1-2H3,(H,15,17)/b16-8+. The van der Waals surface area contributed by atoms with Crippen molar-refractivity contribution in [3.63, 3.8) is 0 Å². The third-order valence-electron chi connectivity index (χ3n) is 2.88. The van der Waals surface area contributed by atoms with E-state index in [0.717, 1.165) is 16.7 Å². The van der Waals surface area contributed by atoms with Crippen LogP contribution >= 0.6 is 0 Å². The van der Waals surface area contributed by atoms with E-state index in [-0.39, 0.29) is 17.3 Å². The molecule has 0 atom stereocenters. The first-order valence-electron chi connectivity index (χ1n) is 6.17. The number of rotatable bonds is 4. The lowest BCUT2D eigenvalue weighted by atomic mass is 10.1. The average molecular weight is 286 g/mol. The van der Waals surface area contributed by atoms with E-state index in [9.17, 15) is 15.2 Å². The largest absolute Gasteiger partial charge is 0.507 e. The van der Waals surface area contributed by atoms with E-state index >= 15 is 0 Å². The number of phenols is 1. The van der Waals surface area contributed by atoms with Gasteiger partial charge in [-0.1, -0.05) is 0 Å². The molecule has 1 heterocycles. The van der Waals surface area contributed by atoms with Crippen molar-refractivity contribution in [1.29, 1.82) is 0 Å². The fourth-order valence-corrected chi connectivity index (χ4v) is 1.86. The highest BCUT2D eigenvalue weighted by atomic mass is 16.6. The highest BCUT2D eigenvalue weighted by molar-refractivity contribution is 5.81. The van der Waals surface area contributed by atoms with Crippen LogP contribution in [0.4, 0.5) is 11.5 Å². The number of hydrazone groups is 1. The van der Waals surface area contributed by atoms with E-state index in [4.69, 9.17) is 0 Å². The van der Waals surface area contributed by atoms with Gasteiger partial charge in [0, 0.05) is 12.3 Å². The van der Waals surface area contributed by atoms with Gasteiger partial charge in [0.1, 0.15) is 5.75 Å². The number of pyridine rings is 1. The summed E-state index contributed by atoms with van der Waals surface area (Å²) in [5.74, 6) is 0.325. The molecule has 2 rings (SSSR count). The van der Waals surface area contributed by atoms with Gasteiger partial charge in [0.2, 0.25) is 5.82 Å². The zero-order valence-corrected chi connectivity index (χ0v) is 11.6. The molecular weight excluding hydrogens is 272 g/mol. The van der Waals surface area contributed by atoms with E-state index in [2.05, 4.69) is 15.5 Å². The summed E-state index contributed by atoms with van der Waals surface area (Å²) < 4.78 is 0. The lowest BCUT2D eigenvalue weighted by Crippen LogP contribution is -1.99. The Hall–Kier alpha value is -2.96. The molecule has 0 saturated heterocycles. The Morgan fingerprint density at radius 1 is 1.38 bits per heavy atom. The Morgan fingerprint density at radius 2 is 2.05 bits per heavy atom. The van der Waals surface area contributed by atoms with Crippen LogP contribution in [0, 0.1) is 24.0 Å². The molecule has 0 spiro atoms. The minimum absolute atomic E-state index is 0.0750. The Kier molecular flexibility index (Phi) is 4.13. The van der Waals surface area contributed by atoms with Crippen molar-refractivity contribution in [3.8, 4) is 5.75 Å². The van der Waals surface area contributed by atoms with Crippen LogP contribution in [-0.2, 0) is 0 Å². The molecule has 1 aromatic heterocycles. The number of nitrogens with zero attached hydrogens (tertiary/aromatic N) is 3. The zero-order valence-electron chi connectivity index (χ0n) is 11.6. The van der Waals surface area contributed by atoms with Crippen LogP contribution in [0.25, 0.3) is 0 Å². The van der Waals surface area contributed by atoms with Gasteiger partial charge in [-0.25, -0.2) is 4.98 Å². The second kappa shape index (κ2) is 6.00. The molecule has 108 valence electrons. The quantitative estimate of drug-likeness (QED) is 0.511. The maximum atomic E-state index is 10.8. The summed E-state index contributed by atoms with van der Waals surface area (Å²) in [6.07, 6.45) is 2.96. The minimum Gasteiger partial charge on any atom is -0.507 e. The van der Waals surface area contributed by atoms with Crippen molar-refractivity contribution in [3.05, 3.63) is 57.3 Å². The maximum Gasteiger partial charge on any atom is 0.313 e. The number of aromatic hydroxyl groups is 1. The number of benzene rings is 1. The molecule has 0 saturated carbocycles. The smallest absolute Gasteiger partial charge is 0.313 e. The van der Waals surface area contributed by atoms with Crippen molar-refractivity contribution in [2.75, 3.05) is 5.43 Å². The monoisotopic (exact) mass is 286 g/mol. The van der Waals surface area contributed by atoms with Gasteiger partial charge < -0.3 is 5.11 Å². The number of nitro groups is 1. The molecule has 2 N–H and O–H groups in total. The lowest BCUT2D eigenvalue weighted by Gasteiger charge is -2.04. The highest BCUT2D eigenvalue weighted by Gasteiger charge is 2.12. The Labute approximate surface area is 121 Å². The van der Waals surface area contributed by atoms with Crippen molar-refractivity contribution in [2.45, 2.75) is 13.8 Å². The second-order valence-electron chi connectivity index (χ2n) is 4.50. The van der Waals surface area contributed by atoms with Crippen LogP contribution in [0.5, 0.6) is 5.75 Å². The average Bonchev–Trinajstić information content (AvgIpc) is 2.45. The van der Waals surface area contributed by atoms with Gasteiger partial charge in [-0.2, -0.15) is 5.10 Å². The number of aryl methyl sites for hydroxylation is 2. The van der Waals surface area contributed by atoms with Crippen molar-refractivity contribution in [1.82, 2.24) is 4.98 Å². The zero-order chi connectivity index (χ0) is 15.4. The minimum atomic E-state index is -0.528. The SMILES string of the molecule is Cc1cc(/C=N/Nc2ncccc2[N+](=O)[O-])cc(C)c1O. The number of anilines is 1. The van der Waals surface area contributed by atoms with Gasteiger partial charge in [-0.15, -0.1) is 0 Å². The summed E-state index contributed by atoms with van der Waals surface area (Å²) in [7, 11) is 0. The molecule has 0 aliphatic rings. The predicted octanol–water partition coefficient (Wildman–Crippen LogP) is 2.76. The van der Waals surface area contributed by atoms with Crippen molar-refractivity contribution < 1.29 is 10.0 Å². The third-order valence-corrected chi connectivity index (χ3v) is 2.88. The Morgan fingerprint density at radius 3 is 2.67 bits per heavy atom. The van der Waals surface area contributed by atoms with E-state index in [1.165, 1.54) is 24.5 Å².